The van der Waals surface area contributed by atoms with E-state index in [0.29, 0.717) is 5.56 Å². The van der Waals surface area contributed by atoms with Crippen molar-refractivity contribution in [2.24, 2.45) is 0 Å². The number of benzene rings is 1. The molecule has 0 fully saturated rings. The number of halogens is 3. The van der Waals surface area contributed by atoms with Gasteiger partial charge in [0, 0.05) is 5.56 Å². The van der Waals surface area contributed by atoms with Gasteiger partial charge in [0.1, 0.15) is 6.61 Å². The van der Waals surface area contributed by atoms with Crippen LogP contribution in [-0.4, -0.2) is 24.7 Å². The minimum atomic E-state index is -4.44. The molecule has 0 heterocycles. The highest BCUT2D eigenvalue weighted by molar-refractivity contribution is 5.98. The number of hydrogen-bond donors (Lipinski definition) is 0. The molecule has 0 saturated carbocycles. The van der Waals surface area contributed by atoms with Gasteiger partial charge in [0.25, 0.3) is 0 Å². The Bertz CT molecular complexity index is 399. The van der Waals surface area contributed by atoms with Crippen molar-refractivity contribution in [1.82, 2.24) is 0 Å². The number of Topliss-reactive ketones (excluding diaryl/α,β-unsaturated/α-hetero) is 1. The van der Waals surface area contributed by atoms with Gasteiger partial charge in [0.2, 0.25) is 0 Å². The number of ketones is 1. The number of aryl methyl sites for hydroxylation is 1. The number of carbonyl (C=O) groups is 1. The lowest BCUT2D eigenvalue weighted by molar-refractivity contribution is -0.210. The summed E-state index contributed by atoms with van der Waals surface area (Å²) in [6.45, 7) is 2.04. The predicted octanol–water partition coefficient (Wildman–Crippen LogP) is 3.15. The summed E-state index contributed by atoms with van der Waals surface area (Å²) in [5.41, 5.74) is 1.11. The van der Waals surface area contributed by atoms with E-state index in [-0.39, 0.29) is 0 Å². The van der Waals surface area contributed by atoms with Crippen LogP contribution in [0.5, 0.6) is 0 Å². The first-order valence-corrected chi connectivity index (χ1v) is 5.09. The number of rotatable bonds is 4. The second-order valence-corrected chi connectivity index (χ2v) is 3.73. The van der Waals surface area contributed by atoms with E-state index < -0.39 is 24.7 Å². The van der Waals surface area contributed by atoms with Gasteiger partial charge in [-0.15, -0.1) is 0 Å². The number of ether oxygens (including phenoxy) is 1. The van der Waals surface area contributed by atoms with E-state index in [1.165, 1.54) is 0 Å². The molecule has 0 aliphatic carbocycles. The highest BCUT2D eigenvalue weighted by Crippen LogP contribution is 2.22. The zero-order chi connectivity index (χ0) is 13.1. The van der Waals surface area contributed by atoms with Gasteiger partial charge in [0.05, 0.1) is 0 Å². The van der Waals surface area contributed by atoms with Crippen LogP contribution in [0.15, 0.2) is 24.3 Å². The van der Waals surface area contributed by atoms with Crippen LogP contribution in [0.4, 0.5) is 13.2 Å². The van der Waals surface area contributed by atoms with Gasteiger partial charge in [-0.3, -0.25) is 4.79 Å². The number of hydrogen-bond acceptors (Lipinski definition) is 2. The average molecular weight is 246 g/mol. The number of alkyl halides is 3. The average Bonchev–Trinajstić information content (AvgIpc) is 2.24. The molecule has 0 spiro atoms. The van der Waals surface area contributed by atoms with Crippen LogP contribution in [0.3, 0.4) is 0 Å². The Morgan fingerprint density at radius 1 is 1.35 bits per heavy atom. The summed E-state index contributed by atoms with van der Waals surface area (Å²) in [5, 5.41) is 0. The second kappa shape index (κ2) is 5.31. The second-order valence-electron chi connectivity index (χ2n) is 3.73. The summed E-state index contributed by atoms with van der Waals surface area (Å²) in [7, 11) is 0. The molecule has 2 nitrogen and oxygen atoms in total. The Morgan fingerprint density at radius 2 is 1.94 bits per heavy atom. The van der Waals surface area contributed by atoms with Crippen molar-refractivity contribution in [1.29, 1.82) is 0 Å². The van der Waals surface area contributed by atoms with Crippen molar-refractivity contribution in [3.8, 4) is 0 Å². The fraction of sp³-hybridized carbons (Fsp3) is 0.417. The SMILES string of the molecule is Cc1ccccc1C(=O)COC(C)C(F)(F)F. The first kappa shape index (κ1) is 13.7. The third-order valence-corrected chi connectivity index (χ3v) is 2.37. The first-order valence-electron chi connectivity index (χ1n) is 5.09. The van der Waals surface area contributed by atoms with Crippen molar-refractivity contribution in [3.05, 3.63) is 35.4 Å². The van der Waals surface area contributed by atoms with Crippen molar-refractivity contribution in [2.75, 3.05) is 6.61 Å². The molecule has 0 saturated heterocycles. The quantitative estimate of drug-likeness (QED) is 0.763. The summed E-state index contributed by atoms with van der Waals surface area (Å²) >= 11 is 0. The topological polar surface area (TPSA) is 26.3 Å². The molecule has 0 bridgehead atoms. The molecule has 0 aliphatic rings. The van der Waals surface area contributed by atoms with Crippen molar-refractivity contribution in [2.45, 2.75) is 26.1 Å². The Kier molecular flexibility index (Phi) is 4.28. The third-order valence-electron chi connectivity index (χ3n) is 2.37. The van der Waals surface area contributed by atoms with Crippen LogP contribution in [0.25, 0.3) is 0 Å². The highest BCUT2D eigenvalue weighted by atomic mass is 19.4. The van der Waals surface area contributed by atoms with Gasteiger partial charge in [-0.05, 0) is 19.4 Å². The van der Waals surface area contributed by atoms with Crippen LogP contribution in [0.2, 0.25) is 0 Å². The molecular formula is C12H13F3O2. The molecule has 1 unspecified atom stereocenters. The van der Waals surface area contributed by atoms with Gasteiger partial charge in [0.15, 0.2) is 11.9 Å². The van der Waals surface area contributed by atoms with Crippen LogP contribution in [0.1, 0.15) is 22.8 Å². The molecular weight excluding hydrogens is 233 g/mol. The molecule has 1 aromatic rings. The summed E-state index contributed by atoms with van der Waals surface area (Å²) in [4.78, 5) is 11.6. The number of carbonyl (C=O) groups excluding carboxylic acids is 1. The molecule has 0 aromatic heterocycles. The zero-order valence-electron chi connectivity index (χ0n) is 9.54. The van der Waals surface area contributed by atoms with Gasteiger partial charge in [-0.2, -0.15) is 13.2 Å². The Balaban J connectivity index is 2.60. The summed E-state index contributed by atoms with van der Waals surface area (Å²) in [6.07, 6.45) is -6.37. The zero-order valence-corrected chi connectivity index (χ0v) is 9.54. The molecule has 0 aliphatic heterocycles. The summed E-state index contributed by atoms with van der Waals surface area (Å²) in [6, 6.07) is 6.71. The largest absolute Gasteiger partial charge is 0.414 e. The van der Waals surface area contributed by atoms with E-state index in [1.54, 1.807) is 31.2 Å². The summed E-state index contributed by atoms with van der Waals surface area (Å²) < 4.78 is 40.9. The van der Waals surface area contributed by atoms with Crippen LogP contribution in [0, 0.1) is 6.92 Å². The van der Waals surface area contributed by atoms with Crippen molar-refractivity contribution < 1.29 is 22.7 Å². The smallest absolute Gasteiger partial charge is 0.361 e. The maximum absolute atomic E-state index is 12.1. The lowest BCUT2D eigenvalue weighted by Crippen LogP contribution is -2.30. The van der Waals surface area contributed by atoms with Crippen LogP contribution >= 0.6 is 0 Å². The van der Waals surface area contributed by atoms with E-state index in [1.807, 2.05) is 0 Å². The molecule has 94 valence electrons. The minimum Gasteiger partial charge on any atom is -0.361 e. The van der Waals surface area contributed by atoms with Gasteiger partial charge < -0.3 is 4.74 Å². The maximum atomic E-state index is 12.1. The molecule has 0 amide bonds. The molecule has 0 radical (unpaired) electrons. The van der Waals surface area contributed by atoms with Gasteiger partial charge >= 0.3 is 6.18 Å². The fourth-order valence-electron chi connectivity index (χ4n) is 1.26. The predicted molar refractivity (Wildman–Crippen MR) is 57.0 cm³/mol. The molecule has 5 heteroatoms. The highest BCUT2D eigenvalue weighted by Gasteiger charge is 2.37. The van der Waals surface area contributed by atoms with E-state index in [2.05, 4.69) is 4.74 Å². The summed E-state index contributed by atoms with van der Waals surface area (Å²) in [5.74, 6) is -0.445. The van der Waals surface area contributed by atoms with Gasteiger partial charge in [-0.25, -0.2) is 0 Å². The lowest BCUT2D eigenvalue weighted by atomic mass is 10.1. The van der Waals surface area contributed by atoms with Crippen LogP contribution < -0.4 is 0 Å². The van der Waals surface area contributed by atoms with Gasteiger partial charge in [-0.1, -0.05) is 24.3 Å². The molecule has 1 aromatic carbocycles. The Labute approximate surface area is 97.4 Å². The Hall–Kier alpha value is -1.36. The van der Waals surface area contributed by atoms with Crippen LogP contribution in [-0.2, 0) is 4.74 Å². The third kappa shape index (κ3) is 3.85. The maximum Gasteiger partial charge on any atom is 0.414 e. The van der Waals surface area contributed by atoms with E-state index in [4.69, 9.17) is 0 Å². The van der Waals surface area contributed by atoms with E-state index in [9.17, 15) is 18.0 Å². The molecule has 17 heavy (non-hydrogen) atoms. The molecule has 1 rings (SSSR count). The lowest BCUT2D eigenvalue weighted by Gasteiger charge is -2.16. The normalized spacial score (nSPS) is 13.5. The first-order chi connectivity index (χ1) is 7.82. The van der Waals surface area contributed by atoms with Crippen molar-refractivity contribution >= 4 is 5.78 Å². The van der Waals surface area contributed by atoms with E-state index >= 15 is 0 Å². The monoisotopic (exact) mass is 246 g/mol. The molecule has 0 N–H and O–H groups in total. The fourth-order valence-corrected chi connectivity index (χ4v) is 1.26. The standard InChI is InChI=1S/C12H13F3O2/c1-8-5-3-4-6-10(8)11(16)7-17-9(2)12(13,14)15/h3-6,9H,7H2,1-2H3. The van der Waals surface area contributed by atoms with Crippen molar-refractivity contribution in [3.63, 3.8) is 0 Å². The van der Waals surface area contributed by atoms with E-state index in [0.717, 1.165) is 12.5 Å². The Morgan fingerprint density at radius 3 is 2.47 bits per heavy atom. The minimum absolute atomic E-state index is 0.391. The molecule has 1 atom stereocenters.